The smallest absolute Gasteiger partial charge is 0.213 e. The normalized spacial score (nSPS) is 18.2. The zero-order valence-electron chi connectivity index (χ0n) is 11.7. The van der Waals surface area contributed by atoms with Crippen molar-refractivity contribution in [3.05, 3.63) is 23.9 Å². The third-order valence-electron chi connectivity index (χ3n) is 3.73. The Morgan fingerprint density at radius 3 is 2.61 bits per heavy atom. The fraction of sp³-hybridized carbons (Fsp3) is 0.667. The summed E-state index contributed by atoms with van der Waals surface area (Å²) >= 11 is 0. The van der Waals surface area contributed by atoms with Gasteiger partial charge in [-0.05, 0) is 50.4 Å². The highest BCUT2D eigenvalue weighted by atomic mass is 16.5. The topological polar surface area (TPSA) is 25.4 Å². The zero-order chi connectivity index (χ0) is 13.0. The summed E-state index contributed by atoms with van der Waals surface area (Å²) in [5.41, 5.74) is 1.27. The predicted octanol–water partition coefficient (Wildman–Crippen LogP) is 2.93. The van der Waals surface area contributed by atoms with Crippen molar-refractivity contribution in [2.45, 2.75) is 32.6 Å². The fourth-order valence-electron chi connectivity index (χ4n) is 2.25. The van der Waals surface area contributed by atoms with Gasteiger partial charge in [-0.3, -0.25) is 0 Å². The maximum atomic E-state index is 5.79. The van der Waals surface area contributed by atoms with E-state index in [2.05, 4.69) is 36.8 Å². The minimum atomic E-state index is 0.528. The number of rotatable bonds is 4. The molecule has 100 valence electrons. The summed E-state index contributed by atoms with van der Waals surface area (Å²) in [6.07, 6.45) is 4.40. The summed E-state index contributed by atoms with van der Waals surface area (Å²) in [4.78, 5) is 6.75. The molecule has 0 unspecified atom stereocenters. The van der Waals surface area contributed by atoms with Gasteiger partial charge in [0.15, 0.2) is 0 Å². The molecule has 1 fully saturated rings. The molecule has 1 aromatic rings. The van der Waals surface area contributed by atoms with E-state index in [0.717, 1.165) is 12.5 Å². The fourth-order valence-corrected chi connectivity index (χ4v) is 2.25. The Morgan fingerprint density at radius 2 is 2.06 bits per heavy atom. The van der Waals surface area contributed by atoms with Crippen molar-refractivity contribution >= 4 is 0 Å². The molecule has 1 aliphatic heterocycles. The Hall–Kier alpha value is -1.09. The van der Waals surface area contributed by atoms with Crippen molar-refractivity contribution in [2.24, 2.45) is 5.92 Å². The van der Waals surface area contributed by atoms with Gasteiger partial charge < -0.3 is 9.64 Å². The predicted molar refractivity (Wildman–Crippen MR) is 74.0 cm³/mol. The van der Waals surface area contributed by atoms with Crippen LogP contribution >= 0.6 is 0 Å². The van der Waals surface area contributed by atoms with Crippen LogP contribution in [0.4, 0.5) is 0 Å². The number of ether oxygens (including phenoxy) is 1. The van der Waals surface area contributed by atoms with Gasteiger partial charge in [0.1, 0.15) is 0 Å². The molecule has 1 saturated heterocycles. The van der Waals surface area contributed by atoms with Crippen LogP contribution in [0, 0.1) is 5.92 Å². The van der Waals surface area contributed by atoms with Gasteiger partial charge in [0.2, 0.25) is 5.88 Å². The van der Waals surface area contributed by atoms with Crippen LogP contribution in [0.3, 0.4) is 0 Å². The van der Waals surface area contributed by atoms with E-state index in [1.807, 2.05) is 12.3 Å². The number of aromatic nitrogens is 1. The molecular formula is C15H24N2O. The third-order valence-corrected chi connectivity index (χ3v) is 3.73. The van der Waals surface area contributed by atoms with Gasteiger partial charge in [-0.15, -0.1) is 0 Å². The van der Waals surface area contributed by atoms with Gasteiger partial charge in [-0.1, -0.05) is 19.9 Å². The van der Waals surface area contributed by atoms with Crippen LogP contribution in [0.25, 0.3) is 0 Å². The van der Waals surface area contributed by atoms with E-state index < -0.39 is 0 Å². The minimum absolute atomic E-state index is 0.528. The summed E-state index contributed by atoms with van der Waals surface area (Å²) < 4.78 is 5.79. The second kappa shape index (κ2) is 6.19. The van der Waals surface area contributed by atoms with E-state index >= 15 is 0 Å². The molecule has 1 aliphatic rings. The molecule has 2 heterocycles. The van der Waals surface area contributed by atoms with Crippen LogP contribution in [-0.4, -0.2) is 36.6 Å². The highest BCUT2D eigenvalue weighted by molar-refractivity contribution is 5.20. The number of hydrogen-bond acceptors (Lipinski definition) is 3. The second-order valence-electron chi connectivity index (χ2n) is 5.64. The van der Waals surface area contributed by atoms with Gasteiger partial charge in [-0.2, -0.15) is 0 Å². The van der Waals surface area contributed by atoms with E-state index in [-0.39, 0.29) is 0 Å². The van der Waals surface area contributed by atoms with Crippen LogP contribution in [0.1, 0.15) is 38.2 Å². The molecule has 3 heteroatoms. The van der Waals surface area contributed by atoms with Crippen molar-refractivity contribution < 1.29 is 4.74 Å². The largest absolute Gasteiger partial charge is 0.477 e. The summed E-state index contributed by atoms with van der Waals surface area (Å²) in [6.45, 7) is 7.54. The molecule has 2 rings (SSSR count). The van der Waals surface area contributed by atoms with Crippen molar-refractivity contribution in [3.8, 4) is 5.88 Å². The van der Waals surface area contributed by atoms with E-state index in [1.165, 1.54) is 31.5 Å². The van der Waals surface area contributed by atoms with Crippen LogP contribution in [0.5, 0.6) is 5.88 Å². The SMILES string of the molecule is CC(C)c1ccc(OCC2CCN(C)CC2)nc1. The lowest BCUT2D eigenvalue weighted by Gasteiger charge is -2.28. The van der Waals surface area contributed by atoms with Gasteiger partial charge >= 0.3 is 0 Å². The summed E-state index contributed by atoms with van der Waals surface area (Å²) in [7, 11) is 2.18. The van der Waals surface area contributed by atoms with E-state index in [9.17, 15) is 0 Å². The Balaban J connectivity index is 1.79. The Morgan fingerprint density at radius 1 is 1.33 bits per heavy atom. The summed E-state index contributed by atoms with van der Waals surface area (Å²) in [6, 6.07) is 4.10. The number of piperidine rings is 1. The minimum Gasteiger partial charge on any atom is -0.477 e. The first-order valence-electron chi connectivity index (χ1n) is 6.92. The highest BCUT2D eigenvalue weighted by Crippen LogP contribution is 2.19. The average Bonchev–Trinajstić information content (AvgIpc) is 2.38. The first kappa shape index (κ1) is 13.3. The zero-order valence-corrected chi connectivity index (χ0v) is 11.7. The molecule has 0 bridgehead atoms. The van der Waals surface area contributed by atoms with Crippen LogP contribution in [-0.2, 0) is 0 Å². The van der Waals surface area contributed by atoms with Crippen LogP contribution < -0.4 is 4.74 Å². The standard InChI is InChI=1S/C15H24N2O/c1-12(2)14-4-5-15(16-10-14)18-11-13-6-8-17(3)9-7-13/h4-5,10,12-13H,6-9,11H2,1-3H3. The van der Waals surface area contributed by atoms with Gasteiger partial charge in [0, 0.05) is 12.3 Å². The molecule has 1 aromatic heterocycles. The maximum absolute atomic E-state index is 5.79. The molecule has 0 atom stereocenters. The molecule has 0 saturated carbocycles. The lowest BCUT2D eigenvalue weighted by Crippen LogP contribution is -2.32. The average molecular weight is 248 g/mol. The van der Waals surface area contributed by atoms with Gasteiger partial charge in [0.05, 0.1) is 6.61 Å². The maximum Gasteiger partial charge on any atom is 0.213 e. The molecule has 3 nitrogen and oxygen atoms in total. The second-order valence-corrected chi connectivity index (χ2v) is 5.64. The number of likely N-dealkylation sites (tertiary alicyclic amines) is 1. The molecule has 0 spiro atoms. The molecule has 0 amide bonds. The quantitative estimate of drug-likeness (QED) is 0.819. The molecule has 0 radical (unpaired) electrons. The Kier molecular flexibility index (Phi) is 4.59. The monoisotopic (exact) mass is 248 g/mol. The van der Waals surface area contributed by atoms with Crippen LogP contribution in [0.2, 0.25) is 0 Å². The molecule has 0 N–H and O–H groups in total. The number of pyridine rings is 1. The third kappa shape index (κ3) is 3.70. The van der Waals surface area contributed by atoms with E-state index in [1.54, 1.807) is 0 Å². The lowest BCUT2D eigenvalue weighted by molar-refractivity contribution is 0.157. The van der Waals surface area contributed by atoms with Gasteiger partial charge in [-0.25, -0.2) is 4.98 Å². The summed E-state index contributed by atoms with van der Waals surface area (Å²) in [5, 5.41) is 0. The highest BCUT2D eigenvalue weighted by Gasteiger charge is 2.17. The molecular weight excluding hydrogens is 224 g/mol. The molecule has 0 aliphatic carbocycles. The first-order valence-corrected chi connectivity index (χ1v) is 6.92. The van der Waals surface area contributed by atoms with Crippen molar-refractivity contribution in [2.75, 3.05) is 26.7 Å². The Labute approximate surface area is 110 Å². The Bertz CT molecular complexity index is 353. The molecule has 0 aromatic carbocycles. The number of hydrogen-bond donors (Lipinski definition) is 0. The van der Waals surface area contributed by atoms with E-state index in [4.69, 9.17) is 4.74 Å². The van der Waals surface area contributed by atoms with Crippen molar-refractivity contribution in [1.29, 1.82) is 0 Å². The molecule has 18 heavy (non-hydrogen) atoms. The summed E-state index contributed by atoms with van der Waals surface area (Å²) in [5.74, 6) is 1.98. The lowest BCUT2D eigenvalue weighted by atomic mass is 9.98. The van der Waals surface area contributed by atoms with Crippen molar-refractivity contribution in [1.82, 2.24) is 9.88 Å². The first-order chi connectivity index (χ1) is 8.65. The van der Waals surface area contributed by atoms with Gasteiger partial charge in [0.25, 0.3) is 0 Å². The van der Waals surface area contributed by atoms with E-state index in [0.29, 0.717) is 11.8 Å². The number of nitrogens with zero attached hydrogens (tertiary/aromatic N) is 2. The van der Waals surface area contributed by atoms with Crippen molar-refractivity contribution in [3.63, 3.8) is 0 Å². The van der Waals surface area contributed by atoms with Crippen LogP contribution in [0.15, 0.2) is 18.3 Å².